The van der Waals surface area contributed by atoms with Crippen LogP contribution in [0.15, 0.2) is 0 Å². The second-order valence-electron chi connectivity index (χ2n) is 3.31. The first kappa shape index (κ1) is 10.3. The maximum atomic E-state index is 10.8. The minimum atomic E-state index is -1.56. The summed E-state index contributed by atoms with van der Waals surface area (Å²) in [7, 11) is 0. The zero-order valence-corrected chi connectivity index (χ0v) is 7.43. The average Bonchev–Trinajstić information content (AvgIpc) is 2.17. The molecule has 6 heteroatoms. The molecule has 0 aromatic carbocycles. The predicted octanol–water partition coefficient (Wildman–Crippen LogP) is 0.355. The Morgan fingerprint density at radius 2 is 2.07 bits per heavy atom. The lowest BCUT2D eigenvalue weighted by Gasteiger charge is -2.33. The molecule has 1 unspecified atom stereocenters. The Hall–Kier alpha value is -1.77. The van der Waals surface area contributed by atoms with Crippen molar-refractivity contribution in [3.8, 4) is 6.07 Å². The largest absolute Gasteiger partial charge is 0.480 e. The van der Waals surface area contributed by atoms with Gasteiger partial charge in [-0.3, -0.25) is 4.79 Å². The van der Waals surface area contributed by atoms with Crippen LogP contribution in [0.3, 0.4) is 0 Å². The fourth-order valence-corrected chi connectivity index (χ4v) is 1.53. The summed E-state index contributed by atoms with van der Waals surface area (Å²) in [5.41, 5.74) is -1.56. The van der Waals surface area contributed by atoms with Gasteiger partial charge in [0.1, 0.15) is 0 Å². The second-order valence-corrected chi connectivity index (χ2v) is 3.31. The number of piperidine rings is 1. The summed E-state index contributed by atoms with van der Waals surface area (Å²) in [6.07, 6.45) is -0.556. The van der Waals surface area contributed by atoms with Crippen molar-refractivity contribution in [1.29, 1.82) is 5.26 Å². The van der Waals surface area contributed by atoms with E-state index in [1.54, 1.807) is 6.07 Å². The summed E-state index contributed by atoms with van der Waals surface area (Å²) in [6.45, 7) is 0.0558. The summed E-state index contributed by atoms with van der Waals surface area (Å²) in [5.74, 6) is -1.24. The molecule has 76 valence electrons. The normalized spacial score (nSPS) is 26.6. The molecule has 0 aliphatic carbocycles. The van der Waals surface area contributed by atoms with Crippen LogP contribution in [-0.2, 0) is 4.79 Å². The van der Waals surface area contributed by atoms with Crippen molar-refractivity contribution < 1.29 is 19.8 Å². The minimum absolute atomic E-state index is 0.211. The molecule has 0 aromatic rings. The molecule has 1 heterocycles. The summed E-state index contributed by atoms with van der Waals surface area (Å²) >= 11 is 0. The van der Waals surface area contributed by atoms with Gasteiger partial charge in [-0.1, -0.05) is 0 Å². The van der Waals surface area contributed by atoms with Crippen LogP contribution >= 0.6 is 0 Å². The summed E-state index contributed by atoms with van der Waals surface area (Å²) < 4.78 is 0. The van der Waals surface area contributed by atoms with E-state index in [2.05, 4.69) is 0 Å². The molecule has 0 radical (unpaired) electrons. The van der Waals surface area contributed by atoms with Gasteiger partial charge in [0.25, 0.3) is 0 Å². The first-order valence-corrected chi connectivity index (χ1v) is 4.14. The Morgan fingerprint density at radius 1 is 1.43 bits per heavy atom. The van der Waals surface area contributed by atoms with Gasteiger partial charge in [-0.05, 0) is 12.8 Å². The maximum absolute atomic E-state index is 10.8. The Morgan fingerprint density at radius 3 is 2.50 bits per heavy atom. The highest BCUT2D eigenvalue weighted by Crippen LogP contribution is 2.29. The lowest BCUT2D eigenvalue weighted by molar-refractivity contribution is -0.147. The number of likely N-dealkylation sites (tertiary alicyclic amines) is 1. The smallest absolute Gasteiger partial charge is 0.407 e. The van der Waals surface area contributed by atoms with Crippen LogP contribution in [0, 0.1) is 16.7 Å². The van der Waals surface area contributed by atoms with Crippen LogP contribution < -0.4 is 0 Å². The number of nitrogens with zero attached hydrogens (tertiary/aromatic N) is 2. The zero-order valence-electron chi connectivity index (χ0n) is 7.43. The number of nitriles is 1. The van der Waals surface area contributed by atoms with Gasteiger partial charge in [0.05, 0.1) is 12.6 Å². The molecule has 2 N–H and O–H groups in total. The van der Waals surface area contributed by atoms with E-state index in [1.165, 1.54) is 0 Å². The van der Waals surface area contributed by atoms with Crippen molar-refractivity contribution in [3.05, 3.63) is 0 Å². The molecule has 1 atom stereocenters. The number of rotatable bonds is 1. The molecule has 1 rings (SSSR count). The van der Waals surface area contributed by atoms with E-state index in [4.69, 9.17) is 15.5 Å². The molecule has 6 nitrogen and oxygen atoms in total. The molecule has 0 aromatic heterocycles. The van der Waals surface area contributed by atoms with Gasteiger partial charge in [0.15, 0.2) is 5.41 Å². The number of carboxylic acid groups (broad SMARTS) is 2. The van der Waals surface area contributed by atoms with Gasteiger partial charge in [-0.15, -0.1) is 0 Å². The molecule has 1 aliphatic rings. The number of amides is 1. The summed E-state index contributed by atoms with van der Waals surface area (Å²) in [6, 6.07) is 1.70. The standard InChI is InChI=1S/C8H10N2O4/c9-4-8(6(11)12)2-1-3-10(5-8)7(13)14/h1-3,5H2,(H,11,12)(H,13,14). The Balaban J connectivity index is 2.86. The first-order valence-electron chi connectivity index (χ1n) is 4.14. The van der Waals surface area contributed by atoms with E-state index in [0.29, 0.717) is 13.0 Å². The third kappa shape index (κ3) is 1.62. The molecule has 0 spiro atoms. The van der Waals surface area contributed by atoms with Crippen LogP contribution in [-0.4, -0.2) is 40.3 Å². The van der Waals surface area contributed by atoms with Crippen LogP contribution in [0.1, 0.15) is 12.8 Å². The lowest BCUT2D eigenvalue weighted by atomic mass is 9.81. The van der Waals surface area contributed by atoms with Gasteiger partial charge >= 0.3 is 12.1 Å². The highest BCUT2D eigenvalue weighted by atomic mass is 16.4. The van der Waals surface area contributed by atoms with Crippen molar-refractivity contribution in [3.63, 3.8) is 0 Å². The van der Waals surface area contributed by atoms with Crippen molar-refractivity contribution in [2.45, 2.75) is 12.8 Å². The fraction of sp³-hybridized carbons (Fsp3) is 0.625. The Kier molecular flexibility index (Phi) is 2.60. The van der Waals surface area contributed by atoms with Gasteiger partial charge in [0.2, 0.25) is 0 Å². The van der Waals surface area contributed by atoms with Crippen LogP contribution in [0.4, 0.5) is 4.79 Å². The lowest BCUT2D eigenvalue weighted by Crippen LogP contribution is -2.48. The van der Waals surface area contributed by atoms with Crippen molar-refractivity contribution in [2.24, 2.45) is 5.41 Å². The predicted molar refractivity (Wildman–Crippen MR) is 44.5 cm³/mol. The molecule has 1 amide bonds. The van der Waals surface area contributed by atoms with Gasteiger partial charge < -0.3 is 15.1 Å². The van der Waals surface area contributed by atoms with E-state index in [1.807, 2.05) is 0 Å². The van der Waals surface area contributed by atoms with Gasteiger partial charge in [0, 0.05) is 6.54 Å². The fourth-order valence-electron chi connectivity index (χ4n) is 1.53. The Labute approximate surface area is 80.4 Å². The second kappa shape index (κ2) is 3.54. The molecular weight excluding hydrogens is 188 g/mol. The first-order chi connectivity index (χ1) is 6.52. The number of hydrogen-bond donors (Lipinski definition) is 2. The monoisotopic (exact) mass is 198 g/mol. The zero-order chi connectivity index (χ0) is 10.8. The van der Waals surface area contributed by atoms with E-state index in [0.717, 1.165) is 4.90 Å². The number of hydrogen-bond acceptors (Lipinski definition) is 3. The van der Waals surface area contributed by atoms with E-state index in [-0.39, 0.29) is 13.0 Å². The van der Waals surface area contributed by atoms with Crippen LogP contribution in [0.5, 0.6) is 0 Å². The molecule has 1 fully saturated rings. The van der Waals surface area contributed by atoms with E-state index in [9.17, 15) is 9.59 Å². The Bertz CT molecular complexity index is 309. The van der Waals surface area contributed by atoms with Crippen molar-refractivity contribution >= 4 is 12.1 Å². The maximum Gasteiger partial charge on any atom is 0.407 e. The summed E-state index contributed by atoms with van der Waals surface area (Å²) in [5, 5.41) is 26.3. The number of carbonyl (C=O) groups is 2. The van der Waals surface area contributed by atoms with E-state index >= 15 is 0 Å². The molecule has 0 saturated carbocycles. The van der Waals surface area contributed by atoms with Crippen LogP contribution in [0.25, 0.3) is 0 Å². The minimum Gasteiger partial charge on any atom is -0.480 e. The number of carboxylic acids is 1. The van der Waals surface area contributed by atoms with Gasteiger partial charge in [-0.25, -0.2) is 4.79 Å². The summed E-state index contributed by atoms with van der Waals surface area (Å²) in [4.78, 5) is 22.4. The van der Waals surface area contributed by atoms with Crippen LogP contribution in [0.2, 0.25) is 0 Å². The van der Waals surface area contributed by atoms with Crippen molar-refractivity contribution in [1.82, 2.24) is 4.90 Å². The molecule has 14 heavy (non-hydrogen) atoms. The highest BCUT2D eigenvalue weighted by Gasteiger charge is 2.44. The number of aliphatic carboxylic acids is 1. The quantitative estimate of drug-likeness (QED) is 0.633. The topological polar surface area (TPSA) is 102 Å². The SMILES string of the molecule is N#CC1(C(=O)O)CCCN(C(=O)O)C1. The molecular formula is C8H10N2O4. The van der Waals surface area contributed by atoms with E-state index < -0.39 is 17.5 Å². The third-order valence-corrected chi connectivity index (χ3v) is 2.39. The van der Waals surface area contributed by atoms with Gasteiger partial charge in [-0.2, -0.15) is 5.26 Å². The highest BCUT2D eigenvalue weighted by molar-refractivity contribution is 5.79. The molecule has 1 aliphatic heterocycles. The van der Waals surface area contributed by atoms with Crippen molar-refractivity contribution in [2.75, 3.05) is 13.1 Å². The molecule has 1 saturated heterocycles. The average molecular weight is 198 g/mol. The molecule has 0 bridgehead atoms. The third-order valence-electron chi connectivity index (χ3n) is 2.39.